The molecule has 158 valence electrons. The Bertz CT molecular complexity index is 860. The third kappa shape index (κ3) is 4.68. The zero-order valence-electron chi connectivity index (χ0n) is 18.0. The van der Waals surface area contributed by atoms with Gasteiger partial charge in [-0.1, -0.05) is 68.6 Å². The van der Waals surface area contributed by atoms with Crippen molar-refractivity contribution in [3.63, 3.8) is 0 Å². The summed E-state index contributed by atoms with van der Waals surface area (Å²) in [5, 5.41) is 14.4. The van der Waals surface area contributed by atoms with E-state index < -0.39 is 0 Å². The first kappa shape index (κ1) is 22.3. The molecule has 0 radical (unpaired) electrons. The molecule has 5 nitrogen and oxygen atoms in total. The smallest absolute Gasteiger partial charge is 0.213 e. The summed E-state index contributed by atoms with van der Waals surface area (Å²) in [5.74, 6) is 0.990. The number of halogens is 2. The van der Waals surface area contributed by atoms with Crippen molar-refractivity contribution in [3.05, 3.63) is 45.7 Å². The van der Waals surface area contributed by atoms with E-state index in [1.54, 1.807) is 6.07 Å². The molecule has 1 N–H and O–H groups in total. The van der Waals surface area contributed by atoms with Crippen LogP contribution in [0.25, 0.3) is 6.08 Å². The lowest BCUT2D eigenvalue weighted by molar-refractivity contribution is -0.927. The lowest BCUT2D eigenvalue weighted by atomic mass is 9.79. The first-order chi connectivity index (χ1) is 13.6. The van der Waals surface area contributed by atoms with E-state index >= 15 is 0 Å². The Morgan fingerprint density at radius 1 is 1.14 bits per heavy atom. The maximum atomic E-state index is 6.38. The van der Waals surface area contributed by atoms with Crippen molar-refractivity contribution >= 4 is 29.3 Å². The molecule has 1 fully saturated rings. The fourth-order valence-electron chi connectivity index (χ4n) is 4.37. The number of hydrogen-bond donors (Lipinski definition) is 1. The summed E-state index contributed by atoms with van der Waals surface area (Å²) in [6.07, 6.45) is 10.2. The molecule has 1 atom stereocenters. The van der Waals surface area contributed by atoms with Crippen LogP contribution in [0.15, 0.2) is 24.3 Å². The van der Waals surface area contributed by atoms with Crippen molar-refractivity contribution in [1.82, 2.24) is 20.2 Å². The molecule has 1 aliphatic rings. The second-order valence-electron chi connectivity index (χ2n) is 9.43. The Kier molecular flexibility index (Phi) is 6.71. The Labute approximate surface area is 184 Å². The molecule has 0 aliphatic heterocycles. The van der Waals surface area contributed by atoms with Gasteiger partial charge in [0.05, 0.1) is 20.1 Å². The molecule has 1 aromatic carbocycles. The van der Waals surface area contributed by atoms with Gasteiger partial charge in [-0.05, 0) is 46.4 Å². The molecule has 3 rings (SSSR count). The van der Waals surface area contributed by atoms with Crippen molar-refractivity contribution < 1.29 is 4.90 Å². The molecule has 1 aliphatic carbocycles. The van der Waals surface area contributed by atoms with Gasteiger partial charge in [0.2, 0.25) is 5.82 Å². The molecule has 0 saturated heterocycles. The van der Waals surface area contributed by atoms with Gasteiger partial charge >= 0.3 is 0 Å². The third-order valence-corrected chi connectivity index (χ3v) is 6.72. The van der Waals surface area contributed by atoms with Gasteiger partial charge in [-0.2, -0.15) is 0 Å². The van der Waals surface area contributed by atoms with Crippen molar-refractivity contribution in [2.45, 2.75) is 64.5 Å². The summed E-state index contributed by atoms with van der Waals surface area (Å²) < 4.78 is 2.04. The van der Waals surface area contributed by atoms with E-state index in [0.29, 0.717) is 10.0 Å². The average Bonchev–Trinajstić information content (AvgIpc) is 3.12. The molecule has 0 unspecified atom stereocenters. The van der Waals surface area contributed by atoms with Crippen LogP contribution in [0.1, 0.15) is 70.3 Å². The second kappa shape index (κ2) is 8.75. The molecular formula is C22H32Cl2N5+. The molecule has 1 heterocycles. The summed E-state index contributed by atoms with van der Waals surface area (Å²) in [5.41, 5.74) is 0.819. The van der Waals surface area contributed by atoms with E-state index in [9.17, 15) is 0 Å². The fraction of sp³-hybridized carbons (Fsp3) is 0.591. The highest BCUT2D eigenvalue weighted by Gasteiger charge is 2.46. The number of tetrazole rings is 1. The SMILES string of the molecule is C[NH+](C)C1(c2nnnn2[C@@H](/C=C/c2ccc(Cl)cc2Cl)C(C)(C)C)CCCCC1. The van der Waals surface area contributed by atoms with Gasteiger partial charge in [0.25, 0.3) is 0 Å². The molecule has 0 spiro atoms. The average molecular weight is 437 g/mol. The number of quaternary nitrogens is 1. The minimum Gasteiger partial charge on any atom is -0.329 e. The van der Waals surface area contributed by atoms with Crippen LogP contribution in [-0.2, 0) is 5.54 Å². The molecule has 2 aromatic rings. The highest BCUT2D eigenvalue weighted by atomic mass is 35.5. The van der Waals surface area contributed by atoms with Crippen LogP contribution < -0.4 is 4.90 Å². The summed E-state index contributed by atoms with van der Waals surface area (Å²) >= 11 is 12.4. The van der Waals surface area contributed by atoms with E-state index in [1.807, 2.05) is 16.8 Å². The van der Waals surface area contributed by atoms with Gasteiger partial charge in [0.15, 0.2) is 5.54 Å². The molecule has 0 bridgehead atoms. The van der Waals surface area contributed by atoms with Crippen LogP contribution in [0.4, 0.5) is 0 Å². The van der Waals surface area contributed by atoms with Crippen LogP contribution in [0.5, 0.6) is 0 Å². The number of aromatic nitrogens is 4. The van der Waals surface area contributed by atoms with Crippen LogP contribution in [0.2, 0.25) is 10.0 Å². The largest absolute Gasteiger partial charge is 0.329 e. The van der Waals surface area contributed by atoms with Crippen LogP contribution in [0.3, 0.4) is 0 Å². The maximum Gasteiger partial charge on any atom is 0.213 e. The second-order valence-corrected chi connectivity index (χ2v) is 10.3. The number of nitrogens with zero attached hydrogens (tertiary/aromatic N) is 4. The molecule has 1 aromatic heterocycles. The minimum absolute atomic E-state index is 0.00241. The van der Waals surface area contributed by atoms with Gasteiger partial charge in [-0.3, -0.25) is 0 Å². The lowest BCUT2D eigenvalue weighted by Crippen LogP contribution is -3.14. The Balaban J connectivity index is 2.03. The molecule has 7 heteroatoms. The lowest BCUT2D eigenvalue weighted by Gasteiger charge is -2.40. The first-order valence-electron chi connectivity index (χ1n) is 10.4. The zero-order chi connectivity index (χ0) is 21.2. The van der Waals surface area contributed by atoms with E-state index in [1.165, 1.54) is 24.2 Å². The number of rotatable bonds is 5. The molecule has 29 heavy (non-hydrogen) atoms. The van der Waals surface area contributed by atoms with Crippen molar-refractivity contribution in [2.75, 3.05) is 14.1 Å². The topological polar surface area (TPSA) is 48.0 Å². The van der Waals surface area contributed by atoms with Gasteiger partial charge in [-0.25, -0.2) is 4.68 Å². The van der Waals surface area contributed by atoms with Gasteiger partial charge in [-0.15, -0.1) is 5.10 Å². The van der Waals surface area contributed by atoms with Crippen molar-refractivity contribution in [2.24, 2.45) is 5.41 Å². The number of allylic oxidation sites excluding steroid dienone is 1. The van der Waals surface area contributed by atoms with E-state index in [-0.39, 0.29) is 17.0 Å². The Hall–Kier alpha value is -1.43. The predicted molar refractivity (Wildman–Crippen MR) is 119 cm³/mol. The van der Waals surface area contributed by atoms with Crippen LogP contribution in [-0.4, -0.2) is 34.3 Å². The van der Waals surface area contributed by atoms with Crippen molar-refractivity contribution in [1.29, 1.82) is 0 Å². The number of hydrogen-bond acceptors (Lipinski definition) is 3. The molecular weight excluding hydrogens is 405 g/mol. The zero-order valence-corrected chi connectivity index (χ0v) is 19.6. The highest BCUT2D eigenvalue weighted by Crippen LogP contribution is 2.38. The summed E-state index contributed by atoms with van der Waals surface area (Å²) in [6, 6.07) is 5.56. The highest BCUT2D eigenvalue weighted by molar-refractivity contribution is 6.35. The van der Waals surface area contributed by atoms with Gasteiger partial charge in [0, 0.05) is 22.9 Å². The monoisotopic (exact) mass is 436 g/mol. The predicted octanol–water partition coefficient (Wildman–Crippen LogP) is 4.58. The summed E-state index contributed by atoms with van der Waals surface area (Å²) in [4.78, 5) is 1.39. The fourth-order valence-corrected chi connectivity index (χ4v) is 4.84. The number of benzene rings is 1. The molecule has 0 amide bonds. The van der Waals surface area contributed by atoms with Crippen LogP contribution >= 0.6 is 23.2 Å². The van der Waals surface area contributed by atoms with Crippen molar-refractivity contribution in [3.8, 4) is 0 Å². The third-order valence-electron chi connectivity index (χ3n) is 6.16. The minimum atomic E-state index is -0.0724. The van der Waals surface area contributed by atoms with Gasteiger partial charge < -0.3 is 4.90 Å². The van der Waals surface area contributed by atoms with E-state index in [0.717, 1.165) is 24.2 Å². The van der Waals surface area contributed by atoms with E-state index in [4.69, 9.17) is 23.2 Å². The molecule has 1 saturated carbocycles. The van der Waals surface area contributed by atoms with E-state index in [2.05, 4.69) is 62.5 Å². The summed E-state index contributed by atoms with van der Waals surface area (Å²) in [7, 11) is 4.44. The normalized spacial score (nSPS) is 18.5. The first-order valence-corrected chi connectivity index (χ1v) is 11.1. The maximum absolute atomic E-state index is 6.38. The van der Waals surface area contributed by atoms with Gasteiger partial charge in [0.1, 0.15) is 0 Å². The quantitative estimate of drug-likeness (QED) is 0.745. The van der Waals surface area contributed by atoms with Crippen LogP contribution in [0, 0.1) is 5.41 Å². The Morgan fingerprint density at radius 2 is 1.83 bits per heavy atom. The number of nitrogens with one attached hydrogen (secondary N) is 1. The summed E-state index contributed by atoms with van der Waals surface area (Å²) in [6.45, 7) is 6.65. The standard InChI is InChI=1S/C22H31Cl2N5/c1-21(2,3)19(12-10-16-9-11-17(23)15-18(16)24)29-20(25-26-27-29)22(28(4)5)13-7-6-8-14-22/h9-12,15,19H,6-8,13-14H2,1-5H3/p+1/b12-10+/t19-/m0/s1. The Morgan fingerprint density at radius 3 is 2.41 bits per heavy atom.